The van der Waals surface area contributed by atoms with Crippen LogP contribution in [-0.4, -0.2) is 5.78 Å². The number of benzene rings is 2. The molecule has 0 aliphatic rings. The molecule has 2 nitrogen and oxygen atoms in total. The molecular formula is C19H13ClO2. The van der Waals surface area contributed by atoms with Gasteiger partial charge in [0.05, 0.1) is 5.02 Å². The van der Waals surface area contributed by atoms with Crippen LogP contribution in [0.4, 0.5) is 0 Å². The Labute approximate surface area is 133 Å². The molecule has 0 amide bonds. The summed E-state index contributed by atoms with van der Waals surface area (Å²) in [5.41, 5.74) is 1.48. The number of hydrogen-bond donors (Lipinski definition) is 0. The number of carbonyl (C=O) groups excluding carboxylic acids is 1. The third-order valence-corrected chi connectivity index (χ3v) is 3.55. The molecule has 1 aromatic heterocycles. The maximum atomic E-state index is 12.0. The van der Waals surface area contributed by atoms with Crippen molar-refractivity contribution in [3.63, 3.8) is 0 Å². The van der Waals surface area contributed by atoms with Gasteiger partial charge < -0.3 is 4.42 Å². The maximum absolute atomic E-state index is 12.0. The van der Waals surface area contributed by atoms with Gasteiger partial charge in [-0.05, 0) is 36.4 Å². The van der Waals surface area contributed by atoms with Crippen LogP contribution in [0.25, 0.3) is 17.4 Å². The summed E-state index contributed by atoms with van der Waals surface area (Å²) in [6.07, 6.45) is 3.17. The van der Waals surface area contributed by atoms with Crippen LogP contribution in [0.15, 0.2) is 77.2 Å². The number of rotatable bonds is 4. The highest BCUT2D eigenvalue weighted by atomic mass is 35.5. The molecule has 0 spiro atoms. The molecule has 0 saturated heterocycles. The second-order valence-corrected chi connectivity index (χ2v) is 5.15. The molecule has 3 aromatic rings. The number of carbonyl (C=O) groups is 1. The predicted octanol–water partition coefficient (Wildman–Crippen LogP) is 5.50. The summed E-state index contributed by atoms with van der Waals surface area (Å²) in [4.78, 5) is 12.0. The van der Waals surface area contributed by atoms with Gasteiger partial charge in [-0.1, -0.05) is 54.1 Å². The largest absolute Gasteiger partial charge is 0.457 e. The third kappa shape index (κ3) is 3.18. The first kappa shape index (κ1) is 14.4. The molecule has 0 N–H and O–H groups in total. The van der Waals surface area contributed by atoms with Crippen molar-refractivity contribution in [3.05, 3.63) is 89.2 Å². The molecule has 2 aromatic carbocycles. The molecule has 0 aliphatic heterocycles. The Hall–Kier alpha value is -2.58. The minimum atomic E-state index is -0.0590. The van der Waals surface area contributed by atoms with Gasteiger partial charge in [0.15, 0.2) is 5.78 Å². The lowest BCUT2D eigenvalue weighted by Gasteiger charge is -1.99. The van der Waals surface area contributed by atoms with Crippen LogP contribution in [0.3, 0.4) is 0 Å². The van der Waals surface area contributed by atoms with Crippen molar-refractivity contribution in [3.8, 4) is 11.3 Å². The van der Waals surface area contributed by atoms with Crippen LogP contribution in [0.5, 0.6) is 0 Å². The van der Waals surface area contributed by atoms with Crippen LogP contribution >= 0.6 is 11.6 Å². The van der Waals surface area contributed by atoms with Gasteiger partial charge in [0.1, 0.15) is 11.5 Å². The highest BCUT2D eigenvalue weighted by molar-refractivity contribution is 6.33. The van der Waals surface area contributed by atoms with Crippen molar-refractivity contribution in [1.82, 2.24) is 0 Å². The predicted molar refractivity (Wildman–Crippen MR) is 89.0 cm³/mol. The summed E-state index contributed by atoms with van der Waals surface area (Å²) in [6, 6.07) is 20.2. The van der Waals surface area contributed by atoms with E-state index in [-0.39, 0.29) is 5.78 Å². The van der Waals surface area contributed by atoms with Gasteiger partial charge >= 0.3 is 0 Å². The molecular weight excluding hydrogens is 296 g/mol. The molecule has 0 aliphatic carbocycles. The molecule has 0 unspecified atom stereocenters. The Morgan fingerprint density at radius 1 is 0.909 bits per heavy atom. The monoisotopic (exact) mass is 308 g/mol. The van der Waals surface area contributed by atoms with Gasteiger partial charge in [0, 0.05) is 11.1 Å². The summed E-state index contributed by atoms with van der Waals surface area (Å²) >= 11 is 6.14. The topological polar surface area (TPSA) is 30.2 Å². The Morgan fingerprint density at radius 3 is 2.41 bits per heavy atom. The molecule has 22 heavy (non-hydrogen) atoms. The fourth-order valence-corrected chi connectivity index (χ4v) is 2.33. The third-order valence-electron chi connectivity index (χ3n) is 3.22. The number of ketones is 1. The van der Waals surface area contributed by atoms with Gasteiger partial charge in [-0.15, -0.1) is 0 Å². The van der Waals surface area contributed by atoms with Crippen molar-refractivity contribution >= 4 is 23.5 Å². The molecule has 108 valence electrons. The molecule has 0 saturated carbocycles. The lowest BCUT2D eigenvalue weighted by atomic mass is 10.1. The van der Waals surface area contributed by atoms with E-state index in [0.717, 1.165) is 5.56 Å². The van der Waals surface area contributed by atoms with Crippen molar-refractivity contribution < 1.29 is 9.21 Å². The molecule has 1 heterocycles. The first-order chi connectivity index (χ1) is 10.7. The van der Waals surface area contributed by atoms with E-state index < -0.39 is 0 Å². The van der Waals surface area contributed by atoms with E-state index in [0.29, 0.717) is 22.1 Å². The SMILES string of the molecule is O=C(C=Cc1ccc(-c2ccccc2Cl)o1)c1ccccc1. The van der Waals surface area contributed by atoms with Crippen molar-refractivity contribution in [2.24, 2.45) is 0 Å². The van der Waals surface area contributed by atoms with Gasteiger partial charge in [0.2, 0.25) is 0 Å². The van der Waals surface area contributed by atoms with Crippen LogP contribution in [-0.2, 0) is 0 Å². The normalized spacial score (nSPS) is 11.0. The Bertz CT molecular complexity index is 816. The minimum Gasteiger partial charge on any atom is -0.457 e. The highest BCUT2D eigenvalue weighted by Gasteiger charge is 2.07. The van der Waals surface area contributed by atoms with Crippen LogP contribution < -0.4 is 0 Å². The summed E-state index contributed by atoms with van der Waals surface area (Å²) < 4.78 is 5.71. The van der Waals surface area contributed by atoms with E-state index >= 15 is 0 Å². The zero-order valence-electron chi connectivity index (χ0n) is 11.7. The smallest absolute Gasteiger partial charge is 0.185 e. The average Bonchev–Trinajstić information content (AvgIpc) is 3.02. The summed E-state index contributed by atoms with van der Waals surface area (Å²) in [6.45, 7) is 0. The molecule has 0 radical (unpaired) electrons. The molecule has 0 atom stereocenters. The van der Waals surface area contributed by atoms with Gasteiger partial charge in [-0.25, -0.2) is 0 Å². The lowest BCUT2D eigenvalue weighted by molar-refractivity contribution is 0.104. The van der Waals surface area contributed by atoms with Gasteiger partial charge in [-0.3, -0.25) is 4.79 Å². The molecule has 0 bridgehead atoms. The van der Waals surface area contributed by atoms with Crippen LogP contribution in [0.1, 0.15) is 16.1 Å². The average molecular weight is 309 g/mol. The van der Waals surface area contributed by atoms with Gasteiger partial charge in [0.25, 0.3) is 0 Å². The maximum Gasteiger partial charge on any atom is 0.185 e. The molecule has 3 rings (SSSR count). The zero-order chi connectivity index (χ0) is 15.4. The van der Waals surface area contributed by atoms with Crippen LogP contribution in [0, 0.1) is 0 Å². The fourth-order valence-electron chi connectivity index (χ4n) is 2.10. The standard InChI is InChI=1S/C19H13ClO2/c20-17-9-5-4-8-16(17)19-13-11-15(22-19)10-12-18(21)14-6-2-1-3-7-14/h1-13H. The fraction of sp³-hybridized carbons (Fsp3) is 0. The summed E-state index contributed by atoms with van der Waals surface area (Å²) in [5, 5.41) is 0.632. The van der Waals surface area contributed by atoms with E-state index in [1.807, 2.05) is 54.6 Å². The van der Waals surface area contributed by atoms with E-state index in [2.05, 4.69) is 0 Å². The number of furan rings is 1. The number of allylic oxidation sites excluding steroid dienone is 1. The van der Waals surface area contributed by atoms with Crippen molar-refractivity contribution in [2.75, 3.05) is 0 Å². The first-order valence-electron chi connectivity index (χ1n) is 6.86. The van der Waals surface area contributed by atoms with E-state index in [9.17, 15) is 4.79 Å². The highest BCUT2D eigenvalue weighted by Crippen LogP contribution is 2.29. The summed E-state index contributed by atoms with van der Waals surface area (Å²) in [7, 11) is 0. The van der Waals surface area contributed by atoms with Gasteiger partial charge in [-0.2, -0.15) is 0 Å². The zero-order valence-corrected chi connectivity index (χ0v) is 12.5. The molecule has 0 fully saturated rings. The van der Waals surface area contributed by atoms with E-state index in [4.69, 9.17) is 16.0 Å². The Balaban J connectivity index is 1.79. The van der Waals surface area contributed by atoms with Crippen LogP contribution in [0.2, 0.25) is 5.02 Å². The molecule has 3 heteroatoms. The number of halogens is 1. The second kappa shape index (κ2) is 6.46. The number of hydrogen-bond acceptors (Lipinski definition) is 2. The summed E-state index contributed by atoms with van der Waals surface area (Å²) in [5.74, 6) is 1.23. The quantitative estimate of drug-likeness (QED) is 0.471. The lowest BCUT2D eigenvalue weighted by Crippen LogP contribution is -1.92. The second-order valence-electron chi connectivity index (χ2n) is 4.75. The van der Waals surface area contributed by atoms with Crippen molar-refractivity contribution in [2.45, 2.75) is 0 Å². The Kier molecular flexibility index (Phi) is 4.22. The van der Waals surface area contributed by atoms with Crippen molar-refractivity contribution in [1.29, 1.82) is 0 Å². The van der Waals surface area contributed by atoms with E-state index in [1.165, 1.54) is 6.08 Å². The van der Waals surface area contributed by atoms with E-state index in [1.54, 1.807) is 18.2 Å². The Morgan fingerprint density at radius 2 is 1.64 bits per heavy atom. The first-order valence-corrected chi connectivity index (χ1v) is 7.24. The minimum absolute atomic E-state index is 0.0590.